The van der Waals surface area contributed by atoms with Crippen molar-refractivity contribution in [3.63, 3.8) is 0 Å². The van der Waals surface area contributed by atoms with E-state index in [1.54, 1.807) is 0 Å². The molecule has 16 heavy (non-hydrogen) atoms. The van der Waals surface area contributed by atoms with Crippen molar-refractivity contribution < 1.29 is 0 Å². The van der Waals surface area contributed by atoms with Crippen molar-refractivity contribution in [2.75, 3.05) is 20.6 Å². The lowest BCUT2D eigenvalue weighted by Gasteiger charge is -2.25. The maximum Gasteiger partial charge on any atom is 0.0765 e. The molecular formula is C13H29N3. The third kappa shape index (κ3) is 7.71. The summed E-state index contributed by atoms with van der Waals surface area (Å²) >= 11 is 0. The van der Waals surface area contributed by atoms with Gasteiger partial charge in [-0.25, -0.2) is 0 Å². The van der Waals surface area contributed by atoms with Crippen molar-refractivity contribution in [2.24, 2.45) is 0 Å². The van der Waals surface area contributed by atoms with Gasteiger partial charge in [-0.1, -0.05) is 19.9 Å². The van der Waals surface area contributed by atoms with Crippen molar-refractivity contribution in [1.29, 1.82) is 0 Å². The number of nitrogens with one attached hydrogen (secondary N) is 2. The highest BCUT2D eigenvalue weighted by Crippen LogP contribution is 1.99. The van der Waals surface area contributed by atoms with E-state index in [9.17, 15) is 0 Å². The van der Waals surface area contributed by atoms with E-state index in [0.717, 1.165) is 19.4 Å². The van der Waals surface area contributed by atoms with Crippen molar-refractivity contribution in [3.05, 3.63) is 11.8 Å². The molecule has 2 N–H and O–H groups in total. The quantitative estimate of drug-likeness (QED) is 0.622. The lowest BCUT2D eigenvalue weighted by Crippen LogP contribution is -2.45. The van der Waals surface area contributed by atoms with E-state index >= 15 is 0 Å². The first-order valence-electron chi connectivity index (χ1n) is 6.35. The number of nitrogens with zero attached hydrogens (tertiary/aromatic N) is 1. The Morgan fingerprint density at radius 3 is 2.25 bits per heavy atom. The molecule has 0 amide bonds. The van der Waals surface area contributed by atoms with Crippen molar-refractivity contribution in [2.45, 2.75) is 52.7 Å². The normalized spacial score (nSPS) is 14.6. The standard InChI is InChI=1S/C13H29N3/c1-7-9-12(10-16(5)6)15-13(8-2)14-11(3)4/h9,11,13-15H,7-8,10H2,1-6H3/b12-9+. The fourth-order valence-electron chi connectivity index (χ4n) is 1.64. The Hall–Kier alpha value is -0.540. The summed E-state index contributed by atoms with van der Waals surface area (Å²) in [7, 11) is 4.20. The second kappa shape index (κ2) is 8.59. The van der Waals surface area contributed by atoms with E-state index in [1.165, 1.54) is 5.70 Å². The molecular weight excluding hydrogens is 198 g/mol. The van der Waals surface area contributed by atoms with Crippen LogP contribution in [0.5, 0.6) is 0 Å². The Balaban J connectivity index is 4.29. The molecule has 3 nitrogen and oxygen atoms in total. The summed E-state index contributed by atoms with van der Waals surface area (Å²) in [5, 5.41) is 7.10. The molecule has 0 rings (SSSR count). The van der Waals surface area contributed by atoms with Gasteiger partial charge in [-0.2, -0.15) is 0 Å². The largest absolute Gasteiger partial charge is 0.372 e. The minimum absolute atomic E-state index is 0.373. The van der Waals surface area contributed by atoms with Gasteiger partial charge in [0.05, 0.1) is 6.17 Å². The highest BCUT2D eigenvalue weighted by molar-refractivity contribution is 5.02. The van der Waals surface area contributed by atoms with Crippen LogP contribution in [0.4, 0.5) is 0 Å². The molecule has 0 aromatic carbocycles. The molecule has 0 aliphatic carbocycles. The van der Waals surface area contributed by atoms with Gasteiger partial charge in [-0.3, -0.25) is 5.32 Å². The van der Waals surface area contributed by atoms with Crippen LogP contribution in [0.25, 0.3) is 0 Å². The number of likely N-dealkylation sites (N-methyl/N-ethyl adjacent to an activating group) is 1. The SMILES string of the molecule is CC/C=C(\CN(C)C)NC(CC)NC(C)C. The molecule has 0 bridgehead atoms. The van der Waals surface area contributed by atoms with Gasteiger partial charge < -0.3 is 10.2 Å². The minimum atomic E-state index is 0.373. The number of rotatable bonds is 8. The van der Waals surface area contributed by atoms with Gasteiger partial charge >= 0.3 is 0 Å². The molecule has 0 spiro atoms. The Morgan fingerprint density at radius 2 is 1.88 bits per heavy atom. The summed E-state index contributed by atoms with van der Waals surface area (Å²) in [6.07, 6.45) is 4.81. The molecule has 0 aromatic rings. The van der Waals surface area contributed by atoms with Crippen molar-refractivity contribution in [3.8, 4) is 0 Å². The fraction of sp³-hybridized carbons (Fsp3) is 0.846. The Kier molecular flexibility index (Phi) is 8.30. The predicted molar refractivity (Wildman–Crippen MR) is 72.4 cm³/mol. The Bertz CT molecular complexity index is 197. The van der Waals surface area contributed by atoms with Gasteiger partial charge in [0.25, 0.3) is 0 Å². The first-order chi connectivity index (χ1) is 7.49. The van der Waals surface area contributed by atoms with Crippen molar-refractivity contribution >= 4 is 0 Å². The average molecular weight is 227 g/mol. The van der Waals surface area contributed by atoms with Crippen LogP contribution in [0.2, 0.25) is 0 Å². The fourth-order valence-corrected chi connectivity index (χ4v) is 1.64. The van der Waals surface area contributed by atoms with Crippen LogP contribution < -0.4 is 10.6 Å². The zero-order valence-corrected chi connectivity index (χ0v) is 11.8. The topological polar surface area (TPSA) is 27.3 Å². The summed E-state index contributed by atoms with van der Waals surface area (Å²) in [5.74, 6) is 0. The van der Waals surface area contributed by atoms with E-state index in [-0.39, 0.29) is 0 Å². The molecule has 0 saturated carbocycles. The molecule has 0 saturated heterocycles. The maximum absolute atomic E-state index is 3.58. The smallest absolute Gasteiger partial charge is 0.0765 e. The second-order valence-electron chi connectivity index (χ2n) is 4.80. The minimum Gasteiger partial charge on any atom is -0.372 e. The van der Waals surface area contributed by atoms with Crippen LogP contribution in [-0.2, 0) is 0 Å². The summed E-state index contributed by atoms with van der Waals surface area (Å²) in [4.78, 5) is 2.19. The third-order valence-corrected chi connectivity index (χ3v) is 2.24. The predicted octanol–water partition coefficient (Wildman–Crippen LogP) is 2.17. The number of hydrogen-bond acceptors (Lipinski definition) is 3. The van der Waals surface area contributed by atoms with Crippen LogP contribution in [0.3, 0.4) is 0 Å². The van der Waals surface area contributed by atoms with Gasteiger partial charge in [0, 0.05) is 18.3 Å². The van der Waals surface area contributed by atoms with Gasteiger partial charge in [0.1, 0.15) is 0 Å². The van der Waals surface area contributed by atoms with Crippen LogP contribution >= 0.6 is 0 Å². The Labute approximate surface area is 101 Å². The lowest BCUT2D eigenvalue weighted by atomic mass is 10.2. The van der Waals surface area contributed by atoms with E-state index in [4.69, 9.17) is 0 Å². The van der Waals surface area contributed by atoms with E-state index < -0.39 is 0 Å². The van der Waals surface area contributed by atoms with Crippen molar-refractivity contribution in [1.82, 2.24) is 15.5 Å². The highest BCUT2D eigenvalue weighted by Gasteiger charge is 2.08. The summed E-state index contributed by atoms with van der Waals surface area (Å²) in [6, 6.07) is 0.514. The molecule has 0 radical (unpaired) electrons. The lowest BCUT2D eigenvalue weighted by molar-refractivity contribution is 0.376. The van der Waals surface area contributed by atoms with Gasteiger partial charge in [0.2, 0.25) is 0 Å². The molecule has 0 aliphatic heterocycles. The zero-order valence-electron chi connectivity index (χ0n) is 11.8. The van der Waals surface area contributed by atoms with Crippen LogP contribution in [-0.4, -0.2) is 37.7 Å². The molecule has 1 atom stereocenters. The maximum atomic E-state index is 3.58. The van der Waals surface area contributed by atoms with Crippen LogP contribution in [0.1, 0.15) is 40.5 Å². The molecule has 0 heterocycles. The van der Waals surface area contributed by atoms with Gasteiger partial charge in [-0.05, 0) is 40.8 Å². The van der Waals surface area contributed by atoms with Gasteiger partial charge in [-0.15, -0.1) is 0 Å². The zero-order chi connectivity index (χ0) is 12.6. The first-order valence-corrected chi connectivity index (χ1v) is 6.35. The number of hydrogen-bond donors (Lipinski definition) is 2. The summed E-state index contributed by atoms with van der Waals surface area (Å²) < 4.78 is 0. The molecule has 96 valence electrons. The third-order valence-electron chi connectivity index (χ3n) is 2.24. The monoisotopic (exact) mass is 227 g/mol. The average Bonchev–Trinajstić information content (AvgIpc) is 2.15. The molecule has 3 heteroatoms. The van der Waals surface area contributed by atoms with Crippen LogP contribution in [0.15, 0.2) is 11.8 Å². The number of allylic oxidation sites excluding steroid dienone is 1. The summed E-state index contributed by atoms with van der Waals surface area (Å²) in [5.41, 5.74) is 1.31. The van der Waals surface area contributed by atoms with E-state index in [2.05, 4.69) is 63.4 Å². The van der Waals surface area contributed by atoms with Crippen LogP contribution in [0, 0.1) is 0 Å². The summed E-state index contributed by atoms with van der Waals surface area (Å²) in [6.45, 7) is 9.71. The van der Waals surface area contributed by atoms with E-state index in [0.29, 0.717) is 12.2 Å². The molecule has 0 aliphatic rings. The van der Waals surface area contributed by atoms with E-state index in [1.807, 2.05) is 0 Å². The van der Waals surface area contributed by atoms with Gasteiger partial charge in [0.15, 0.2) is 0 Å². The Morgan fingerprint density at radius 1 is 1.25 bits per heavy atom. The highest BCUT2D eigenvalue weighted by atomic mass is 15.2. The second-order valence-corrected chi connectivity index (χ2v) is 4.80. The molecule has 1 unspecified atom stereocenters. The first kappa shape index (κ1) is 15.5. The molecule has 0 fully saturated rings. The molecule has 0 aromatic heterocycles.